The third-order valence-electron chi connectivity index (χ3n) is 4.24. The first-order chi connectivity index (χ1) is 8.29. The normalized spacial score (nSPS) is 34.5. The van der Waals surface area contributed by atoms with E-state index in [4.69, 9.17) is 4.74 Å². The Kier molecular flexibility index (Phi) is 3.32. The van der Waals surface area contributed by atoms with Crippen LogP contribution in [-0.2, 0) is 9.53 Å². The van der Waals surface area contributed by atoms with Gasteiger partial charge >= 0.3 is 0 Å². The average Bonchev–Trinajstić information content (AvgIpc) is 2.39. The van der Waals surface area contributed by atoms with Gasteiger partial charge in [-0.15, -0.1) is 0 Å². The Balaban J connectivity index is 1.60. The van der Waals surface area contributed by atoms with Gasteiger partial charge < -0.3 is 9.64 Å². The summed E-state index contributed by atoms with van der Waals surface area (Å²) in [6.45, 7) is 3.62. The molecule has 0 radical (unpaired) electrons. The van der Waals surface area contributed by atoms with E-state index >= 15 is 0 Å². The maximum Gasteiger partial charge on any atom is 0.226 e. The molecule has 2 bridgehead atoms. The fourth-order valence-corrected chi connectivity index (χ4v) is 3.88. The van der Waals surface area contributed by atoms with E-state index in [-0.39, 0.29) is 5.92 Å². The molecule has 0 aromatic heterocycles. The second kappa shape index (κ2) is 4.78. The second-order valence-electron chi connectivity index (χ2n) is 5.21. The van der Waals surface area contributed by atoms with Crippen molar-refractivity contribution < 1.29 is 9.53 Å². The number of rotatable bonds is 2. The molecule has 17 heavy (non-hydrogen) atoms. The van der Waals surface area contributed by atoms with E-state index in [2.05, 4.69) is 15.5 Å². The Morgan fingerprint density at radius 1 is 1.24 bits per heavy atom. The van der Waals surface area contributed by atoms with Gasteiger partial charge in [0.1, 0.15) is 0 Å². The summed E-state index contributed by atoms with van der Waals surface area (Å²) in [5.74, 6) is 0.630. The number of carbonyl (C=O) groups excluding carboxylic acids is 1. The number of piperazine rings is 1. The molecule has 1 amide bonds. The van der Waals surface area contributed by atoms with Crippen LogP contribution in [0.25, 0.3) is 0 Å². The first-order valence-corrected chi connectivity index (χ1v) is 7.66. The molecule has 0 aromatic rings. The smallest absolute Gasteiger partial charge is 0.226 e. The van der Waals surface area contributed by atoms with Crippen LogP contribution >= 0.6 is 11.9 Å². The summed E-state index contributed by atoms with van der Waals surface area (Å²) >= 11 is 1.80. The Morgan fingerprint density at radius 3 is 2.47 bits per heavy atom. The quantitative estimate of drug-likeness (QED) is 0.689. The minimum atomic E-state index is 0.231. The number of amides is 1. The van der Waals surface area contributed by atoms with Crippen LogP contribution in [0.1, 0.15) is 19.3 Å². The molecule has 96 valence electrons. The molecular formula is C12H20N2O2S. The molecule has 4 nitrogen and oxygen atoms in total. The van der Waals surface area contributed by atoms with Gasteiger partial charge in [0.2, 0.25) is 5.91 Å². The molecule has 4 aliphatic heterocycles. The van der Waals surface area contributed by atoms with Gasteiger partial charge in [-0.1, -0.05) is 11.9 Å². The van der Waals surface area contributed by atoms with E-state index in [0.717, 1.165) is 39.1 Å². The lowest BCUT2D eigenvalue weighted by atomic mass is 9.85. The molecule has 4 heterocycles. The number of ether oxygens (including phenoxy) is 1. The molecule has 2 atom stereocenters. The second-order valence-corrected chi connectivity index (χ2v) is 6.09. The van der Waals surface area contributed by atoms with Gasteiger partial charge in [-0.2, -0.15) is 0 Å². The van der Waals surface area contributed by atoms with E-state index in [1.807, 2.05) is 0 Å². The zero-order chi connectivity index (χ0) is 11.8. The highest BCUT2D eigenvalue weighted by Crippen LogP contribution is 2.36. The number of hydrogen-bond acceptors (Lipinski definition) is 4. The topological polar surface area (TPSA) is 32.8 Å². The van der Waals surface area contributed by atoms with Crippen LogP contribution in [-0.4, -0.2) is 59.8 Å². The van der Waals surface area contributed by atoms with E-state index in [9.17, 15) is 4.79 Å². The summed E-state index contributed by atoms with van der Waals surface area (Å²) in [4.78, 5) is 14.6. The van der Waals surface area contributed by atoms with Gasteiger partial charge in [0.05, 0.1) is 0 Å². The number of piperidine rings is 1. The Morgan fingerprint density at radius 2 is 1.88 bits per heavy atom. The standard InChI is InChI=1S/C12H20N2O2S/c1-17-13-7-10-6-11(8-13)14(10)12(15)9-2-4-16-5-3-9/h9-11H,2-8H2,1H3. The first kappa shape index (κ1) is 11.8. The largest absolute Gasteiger partial charge is 0.381 e. The van der Waals surface area contributed by atoms with Gasteiger partial charge in [-0.25, -0.2) is 4.31 Å². The van der Waals surface area contributed by atoms with Crippen molar-refractivity contribution in [3.63, 3.8) is 0 Å². The molecule has 4 fully saturated rings. The minimum absolute atomic E-state index is 0.231. The summed E-state index contributed by atoms with van der Waals surface area (Å²) in [6, 6.07) is 0.966. The van der Waals surface area contributed by atoms with Crippen LogP contribution < -0.4 is 0 Å². The molecule has 4 rings (SSSR count). The summed E-state index contributed by atoms with van der Waals surface area (Å²) in [7, 11) is 0. The fourth-order valence-electron chi connectivity index (χ4n) is 3.24. The zero-order valence-corrected chi connectivity index (χ0v) is 11.1. The minimum Gasteiger partial charge on any atom is -0.381 e. The van der Waals surface area contributed by atoms with E-state index in [1.165, 1.54) is 6.42 Å². The lowest BCUT2D eigenvalue weighted by molar-refractivity contribution is -0.157. The molecule has 0 spiro atoms. The van der Waals surface area contributed by atoms with Crippen molar-refractivity contribution >= 4 is 17.9 Å². The predicted octanol–water partition coefficient (Wildman–Crippen LogP) is 0.976. The molecule has 0 saturated carbocycles. The molecule has 5 heteroatoms. The highest BCUT2D eigenvalue weighted by molar-refractivity contribution is 7.96. The van der Waals surface area contributed by atoms with Crippen LogP contribution in [0.5, 0.6) is 0 Å². The molecular weight excluding hydrogens is 236 g/mol. The van der Waals surface area contributed by atoms with E-state index in [0.29, 0.717) is 18.0 Å². The van der Waals surface area contributed by atoms with Gasteiger partial charge in [0.25, 0.3) is 0 Å². The number of nitrogens with zero attached hydrogens (tertiary/aromatic N) is 2. The Hall–Kier alpha value is -0.260. The Labute approximate surface area is 107 Å². The van der Waals surface area contributed by atoms with Gasteiger partial charge in [0, 0.05) is 44.3 Å². The van der Waals surface area contributed by atoms with Crippen molar-refractivity contribution in [2.24, 2.45) is 5.92 Å². The van der Waals surface area contributed by atoms with Crippen LogP contribution in [0, 0.1) is 5.92 Å². The van der Waals surface area contributed by atoms with Crippen LogP contribution in [0.4, 0.5) is 0 Å². The summed E-state index contributed by atoms with van der Waals surface area (Å²) in [5.41, 5.74) is 0. The maximum atomic E-state index is 12.4. The maximum absolute atomic E-state index is 12.4. The van der Waals surface area contributed by atoms with Crippen LogP contribution in [0.2, 0.25) is 0 Å². The third kappa shape index (κ3) is 2.09. The first-order valence-electron chi connectivity index (χ1n) is 6.48. The van der Waals surface area contributed by atoms with Crippen molar-refractivity contribution in [2.75, 3.05) is 32.6 Å². The molecule has 0 N–H and O–H groups in total. The van der Waals surface area contributed by atoms with Crippen molar-refractivity contribution in [1.29, 1.82) is 0 Å². The van der Waals surface area contributed by atoms with E-state index in [1.54, 1.807) is 11.9 Å². The third-order valence-corrected chi connectivity index (χ3v) is 5.06. The van der Waals surface area contributed by atoms with Gasteiger partial charge in [0.15, 0.2) is 0 Å². The van der Waals surface area contributed by atoms with Crippen molar-refractivity contribution in [3.8, 4) is 0 Å². The van der Waals surface area contributed by atoms with Gasteiger partial charge in [-0.05, 0) is 25.5 Å². The Bertz CT molecular complexity index is 295. The number of fused-ring (bicyclic) bond motifs is 2. The predicted molar refractivity (Wildman–Crippen MR) is 67.7 cm³/mol. The number of carbonyl (C=O) groups is 1. The average molecular weight is 256 g/mol. The number of hydrogen-bond donors (Lipinski definition) is 0. The fraction of sp³-hybridized carbons (Fsp3) is 0.917. The summed E-state index contributed by atoms with van der Waals surface area (Å²) < 4.78 is 7.71. The van der Waals surface area contributed by atoms with Crippen LogP contribution in [0.15, 0.2) is 0 Å². The molecule has 4 saturated heterocycles. The lowest BCUT2D eigenvalue weighted by Gasteiger charge is -2.56. The van der Waals surface area contributed by atoms with Crippen molar-refractivity contribution in [3.05, 3.63) is 0 Å². The van der Waals surface area contributed by atoms with Crippen molar-refractivity contribution in [1.82, 2.24) is 9.21 Å². The lowest BCUT2D eigenvalue weighted by Crippen LogP contribution is -2.69. The monoisotopic (exact) mass is 256 g/mol. The molecule has 0 aromatic carbocycles. The molecule has 4 aliphatic rings. The van der Waals surface area contributed by atoms with Crippen molar-refractivity contribution in [2.45, 2.75) is 31.3 Å². The highest BCUT2D eigenvalue weighted by atomic mass is 32.2. The molecule has 0 aliphatic carbocycles. The zero-order valence-electron chi connectivity index (χ0n) is 10.3. The summed E-state index contributed by atoms with van der Waals surface area (Å²) in [5, 5.41) is 0. The van der Waals surface area contributed by atoms with E-state index < -0.39 is 0 Å². The highest BCUT2D eigenvalue weighted by Gasteiger charge is 2.48. The van der Waals surface area contributed by atoms with Gasteiger partial charge in [-0.3, -0.25) is 4.79 Å². The van der Waals surface area contributed by atoms with Crippen LogP contribution in [0.3, 0.4) is 0 Å². The molecule has 2 unspecified atom stereocenters. The SMILES string of the molecule is CSN1CC2CC(C1)N2C(=O)C1CCOCC1. The summed E-state index contributed by atoms with van der Waals surface area (Å²) in [6.07, 6.45) is 5.17.